The first-order valence-corrected chi connectivity index (χ1v) is 6.84. The summed E-state index contributed by atoms with van der Waals surface area (Å²) in [7, 11) is 0. The Labute approximate surface area is 116 Å². The van der Waals surface area contributed by atoms with E-state index in [1.165, 1.54) is 4.90 Å². The number of halogens is 2. The summed E-state index contributed by atoms with van der Waals surface area (Å²) >= 11 is 0. The van der Waals surface area contributed by atoms with Crippen LogP contribution in [0.25, 0.3) is 0 Å². The topological polar surface area (TPSA) is 66.8 Å². The molecule has 0 spiro atoms. The molecule has 0 saturated carbocycles. The number of aliphatic carboxylic acids is 1. The molecule has 116 valence electrons. The van der Waals surface area contributed by atoms with Crippen LogP contribution in [0.15, 0.2) is 0 Å². The van der Waals surface area contributed by atoms with Gasteiger partial charge in [-0.2, -0.15) is 0 Å². The van der Waals surface area contributed by atoms with Gasteiger partial charge in [-0.3, -0.25) is 4.79 Å². The molecule has 0 aliphatic carbocycles. The fourth-order valence-electron chi connectivity index (χ4n) is 2.71. The number of carboxylic acid groups (broad SMARTS) is 1. The number of amides is 1. The van der Waals surface area contributed by atoms with Crippen molar-refractivity contribution in [3.8, 4) is 0 Å². The van der Waals surface area contributed by atoms with Crippen LogP contribution in [-0.2, 0) is 14.3 Å². The van der Waals surface area contributed by atoms with Gasteiger partial charge in [-0.25, -0.2) is 13.6 Å². The van der Waals surface area contributed by atoms with E-state index < -0.39 is 24.5 Å². The van der Waals surface area contributed by atoms with E-state index in [1.54, 1.807) is 0 Å². The average Bonchev–Trinajstić information content (AvgIpc) is 2.79. The molecule has 5 nitrogen and oxygen atoms in total. The van der Waals surface area contributed by atoms with Gasteiger partial charge in [0.15, 0.2) is 0 Å². The van der Waals surface area contributed by atoms with Gasteiger partial charge < -0.3 is 14.7 Å². The molecule has 1 N–H and O–H groups in total. The zero-order chi connectivity index (χ0) is 15.2. The van der Waals surface area contributed by atoms with Crippen LogP contribution in [0.3, 0.4) is 0 Å². The first-order chi connectivity index (χ1) is 9.44. The summed E-state index contributed by atoms with van der Waals surface area (Å²) < 4.78 is 28.5. The number of likely N-dealkylation sites (tertiary alicyclic amines) is 1. The van der Waals surface area contributed by atoms with Crippen molar-refractivity contribution in [2.24, 2.45) is 0 Å². The lowest BCUT2D eigenvalue weighted by Crippen LogP contribution is -2.53. The molecule has 0 aromatic carbocycles. The zero-order valence-electron chi connectivity index (χ0n) is 11.6. The Balaban J connectivity index is 2.58. The maximum Gasteiger partial charge on any atom is 0.329 e. The number of ether oxygens (including phenoxy) is 1. The van der Waals surface area contributed by atoms with Gasteiger partial charge in [-0.15, -0.1) is 0 Å². The van der Waals surface area contributed by atoms with E-state index in [2.05, 4.69) is 4.74 Å². The highest BCUT2D eigenvalue weighted by atomic mass is 19.3. The number of hydrogen-bond acceptors (Lipinski definition) is 3. The summed E-state index contributed by atoms with van der Waals surface area (Å²) in [6, 6.07) is 0. The molecule has 0 radical (unpaired) electrons. The molecule has 1 rings (SSSR count). The number of alkyl halides is 2. The highest BCUT2D eigenvalue weighted by molar-refractivity contribution is 5.87. The average molecular weight is 293 g/mol. The van der Waals surface area contributed by atoms with E-state index in [0.29, 0.717) is 32.2 Å². The first-order valence-electron chi connectivity index (χ1n) is 6.84. The van der Waals surface area contributed by atoms with Crippen molar-refractivity contribution >= 4 is 11.9 Å². The van der Waals surface area contributed by atoms with Gasteiger partial charge in [0.2, 0.25) is 5.91 Å². The largest absolute Gasteiger partial charge is 0.479 e. The molecule has 20 heavy (non-hydrogen) atoms. The van der Waals surface area contributed by atoms with E-state index in [9.17, 15) is 23.5 Å². The number of carbonyl (C=O) groups is 2. The predicted molar refractivity (Wildman–Crippen MR) is 67.7 cm³/mol. The van der Waals surface area contributed by atoms with Crippen LogP contribution in [0.1, 0.15) is 39.0 Å². The van der Waals surface area contributed by atoms with Crippen molar-refractivity contribution in [3.05, 3.63) is 0 Å². The van der Waals surface area contributed by atoms with Crippen LogP contribution in [0.2, 0.25) is 0 Å². The highest BCUT2D eigenvalue weighted by Gasteiger charge is 2.48. The molecule has 0 bridgehead atoms. The van der Waals surface area contributed by atoms with Crippen LogP contribution in [0, 0.1) is 0 Å². The minimum Gasteiger partial charge on any atom is -0.479 e. The summed E-state index contributed by atoms with van der Waals surface area (Å²) in [5.74, 6) is -1.33. The summed E-state index contributed by atoms with van der Waals surface area (Å²) in [4.78, 5) is 25.0. The second-order valence-electron chi connectivity index (χ2n) is 4.95. The Bertz CT molecular complexity index is 351. The summed E-state index contributed by atoms with van der Waals surface area (Å²) in [5.41, 5.74) is -1.13. The molecule has 1 aliphatic heterocycles. The van der Waals surface area contributed by atoms with E-state index in [4.69, 9.17) is 0 Å². The third-order valence-corrected chi connectivity index (χ3v) is 3.56. The van der Waals surface area contributed by atoms with Crippen LogP contribution in [0.5, 0.6) is 0 Å². The molecule has 1 aliphatic rings. The van der Waals surface area contributed by atoms with Crippen LogP contribution in [0.4, 0.5) is 8.78 Å². The minimum absolute atomic E-state index is 0.0640. The number of carbonyl (C=O) groups excluding carboxylic acids is 1. The van der Waals surface area contributed by atoms with Gasteiger partial charge in [0, 0.05) is 6.54 Å². The van der Waals surface area contributed by atoms with Crippen molar-refractivity contribution in [3.63, 3.8) is 0 Å². The Morgan fingerprint density at radius 2 is 2.15 bits per heavy atom. The van der Waals surface area contributed by atoms with Gasteiger partial charge in [0.05, 0.1) is 13.0 Å². The molecule has 1 unspecified atom stereocenters. The van der Waals surface area contributed by atoms with E-state index >= 15 is 0 Å². The predicted octanol–water partition coefficient (Wildman–Crippen LogP) is 1.90. The van der Waals surface area contributed by atoms with Gasteiger partial charge >= 0.3 is 5.97 Å². The smallest absolute Gasteiger partial charge is 0.329 e. The molecule has 0 aromatic heterocycles. The molecular weight excluding hydrogens is 272 g/mol. The standard InChI is InChI=1S/C13H21F2NO4/c1-2-5-13(12(18)19)6-3-7-16(13)11(17)4-8-20-9-10(14)15/h10H,2-9H2,1H3,(H,18,19). The number of nitrogens with zero attached hydrogens (tertiary/aromatic N) is 1. The quantitative estimate of drug-likeness (QED) is 0.694. The molecule has 7 heteroatoms. The van der Waals surface area contributed by atoms with Crippen LogP contribution in [-0.4, -0.2) is 53.6 Å². The highest BCUT2D eigenvalue weighted by Crippen LogP contribution is 2.34. The third-order valence-electron chi connectivity index (χ3n) is 3.56. The molecule has 1 heterocycles. The van der Waals surface area contributed by atoms with E-state index in [-0.39, 0.29) is 18.9 Å². The van der Waals surface area contributed by atoms with E-state index in [1.807, 2.05) is 6.92 Å². The number of carboxylic acids is 1. The number of rotatable bonds is 8. The molecule has 0 aromatic rings. The lowest BCUT2D eigenvalue weighted by atomic mass is 9.90. The van der Waals surface area contributed by atoms with Crippen molar-refractivity contribution in [1.82, 2.24) is 4.90 Å². The van der Waals surface area contributed by atoms with Gasteiger partial charge in [0.1, 0.15) is 12.1 Å². The maximum absolute atomic E-state index is 12.1. The molecular formula is C13H21F2NO4. The number of hydrogen-bond donors (Lipinski definition) is 1. The minimum atomic E-state index is -2.56. The Hall–Kier alpha value is -1.24. The van der Waals surface area contributed by atoms with Crippen LogP contribution >= 0.6 is 0 Å². The van der Waals surface area contributed by atoms with Gasteiger partial charge in [-0.05, 0) is 19.3 Å². The van der Waals surface area contributed by atoms with Crippen LogP contribution < -0.4 is 0 Å². The van der Waals surface area contributed by atoms with Crippen molar-refractivity contribution in [1.29, 1.82) is 0 Å². The second kappa shape index (κ2) is 7.52. The summed E-state index contributed by atoms with van der Waals surface area (Å²) in [6.07, 6.45) is -0.458. The summed E-state index contributed by atoms with van der Waals surface area (Å²) in [6.45, 7) is 1.46. The van der Waals surface area contributed by atoms with Crippen molar-refractivity contribution in [2.75, 3.05) is 19.8 Å². The second-order valence-corrected chi connectivity index (χ2v) is 4.95. The Morgan fingerprint density at radius 3 is 2.70 bits per heavy atom. The molecule has 1 fully saturated rings. The van der Waals surface area contributed by atoms with E-state index in [0.717, 1.165) is 0 Å². The lowest BCUT2D eigenvalue weighted by molar-refractivity contribution is -0.157. The molecule has 1 atom stereocenters. The summed E-state index contributed by atoms with van der Waals surface area (Å²) in [5, 5.41) is 9.43. The Morgan fingerprint density at radius 1 is 1.45 bits per heavy atom. The molecule has 1 amide bonds. The zero-order valence-corrected chi connectivity index (χ0v) is 11.6. The Kier molecular flexibility index (Phi) is 6.32. The SMILES string of the molecule is CCCC1(C(=O)O)CCCN1C(=O)CCOCC(F)F. The normalized spacial score (nSPS) is 22.5. The van der Waals surface area contributed by atoms with Crippen molar-refractivity contribution < 1.29 is 28.2 Å². The van der Waals surface area contributed by atoms with Crippen molar-refractivity contribution in [2.45, 2.75) is 51.0 Å². The molecule has 1 saturated heterocycles. The fourth-order valence-corrected chi connectivity index (χ4v) is 2.71. The fraction of sp³-hybridized carbons (Fsp3) is 0.846. The van der Waals surface area contributed by atoms with Gasteiger partial charge in [0.25, 0.3) is 6.43 Å². The maximum atomic E-state index is 12.1. The lowest BCUT2D eigenvalue weighted by Gasteiger charge is -2.34. The monoisotopic (exact) mass is 293 g/mol. The third kappa shape index (κ3) is 3.88. The first kappa shape index (κ1) is 16.8. The van der Waals surface area contributed by atoms with Gasteiger partial charge in [-0.1, -0.05) is 13.3 Å².